The maximum atomic E-state index is 3.94. The lowest BCUT2D eigenvalue weighted by Gasteiger charge is -2.41. The minimum Gasteiger partial charge on any atom is -0.332 e. The fourth-order valence-corrected chi connectivity index (χ4v) is 9.20. The van der Waals surface area contributed by atoms with Gasteiger partial charge >= 0.3 is 0 Å². The minimum atomic E-state index is -1.28. The van der Waals surface area contributed by atoms with Gasteiger partial charge in [0.15, 0.2) is 0 Å². The molecular weight excluding hydrogens is 198 g/mol. The zero-order chi connectivity index (χ0) is 11.9. The molecule has 1 aliphatic rings. The van der Waals surface area contributed by atoms with Crippen LogP contribution in [0.2, 0.25) is 18.6 Å². The monoisotopic (exact) mass is 227 g/mol. The van der Waals surface area contributed by atoms with Crippen LogP contribution < -0.4 is 4.98 Å². The van der Waals surface area contributed by atoms with Gasteiger partial charge in [-0.3, -0.25) is 0 Å². The van der Waals surface area contributed by atoms with E-state index in [0.29, 0.717) is 0 Å². The molecule has 0 spiro atoms. The van der Waals surface area contributed by atoms with Crippen molar-refractivity contribution in [2.75, 3.05) is 0 Å². The van der Waals surface area contributed by atoms with E-state index in [9.17, 15) is 0 Å². The van der Waals surface area contributed by atoms with E-state index in [0.717, 1.165) is 17.4 Å². The highest BCUT2D eigenvalue weighted by Gasteiger charge is 2.44. The molecule has 1 fully saturated rings. The summed E-state index contributed by atoms with van der Waals surface area (Å²) >= 11 is 0. The average Bonchev–Trinajstić information content (AvgIpc) is 2.25. The standard InChI is InChI=1S/C13H29NSi/c1-10-8-9-11(2)12(10)15(6,7)14-13(3,4)5/h10-12,14H,8-9H2,1-7H3. The van der Waals surface area contributed by atoms with Crippen molar-refractivity contribution in [2.24, 2.45) is 11.8 Å². The van der Waals surface area contributed by atoms with E-state index in [1.54, 1.807) is 0 Å². The molecule has 0 aromatic heterocycles. The average molecular weight is 227 g/mol. The van der Waals surface area contributed by atoms with Gasteiger partial charge in [-0.15, -0.1) is 0 Å². The molecular formula is C13H29NSi. The summed E-state index contributed by atoms with van der Waals surface area (Å²) in [7, 11) is -1.28. The lowest BCUT2D eigenvalue weighted by atomic mass is 10.1. The third-order valence-electron chi connectivity index (χ3n) is 3.83. The van der Waals surface area contributed by atoms with Crippen molar-refractivity contribution < 1.29 is 0 Å². The summed E-state index contributed by atoms with van der Waals surface area (Å²) in [6, 6.07) is 0. The van der Waals surface area contributed by atoms with Crippen LogP contribution in [0.25, 0.3) is 0 Å². The van der Waals surface area contributed by atoms with Gasteiger partial charge in [-0.25, -0.2) is 0 Å². The predicted octanol–water partition coefficient (Wildman–Crippen LogP) is 4.02. The Morgan fingerprint density at radius 2 is 1.40 bits per heavy atom. The van der Waals surface area contributed by atoms with Crippen LogP contribution in [0.5, 0.6) is 0 Å². The van der Waals surface area contributed by atoms with E-state index < -0.39 is 8.24 Å². The van der Waals surface area contributed by atoms with Gasteiger partial charge in [-0.1, -0.05) is 39.8 Å². The van der Waals surface area contributed by atoms with Gasteiger partial charge in [0.05, 0.1) is 0 Å². The highest BCUT2D eigenvalue weighted by Crippen LogP contribution is 2.46. The Balaban J connectivity index is 2.75. The molecule has 2 atom stereocenters. The van der Waals surface area contributed by atoms with E-state index in [-0.39, 0.29) is 5.54 Å². The van der Waals surface area contributed by atoms with Crippen LogP contribution in [-0.4, -0.2) is 13.8 Å². The largest absolute Gasteiger partial charge is 0.332 e. The fraction of sp³-hybridized carbons (Fsp3) is 1.00. The van der Waals surface area contributed by atoms with Crippen molar-refractivity contribution in [3.8, 4) is 0 Å². The lowest BCUT2D eigenvalue weighted by Crippen LogP contribution is -2.58. The van der Waals surface area contributed by atoms with Crippen LogP contribution in [0.15, 0.2) is 0 Å². The van der Waals surface area contributed by atoms with Crippen molar-refractivity contribution in [3.63, 3.8) is 0 Å². The van der Waals surface area contributed by atoms with Crippen molar-refractivity contribution in [3.05, 3.63) is 0 Å². The summed E-state index contributed by atoms with van der Waals surface area (Å²) in [6.45, 7) is 16.8. The first-order valence-corrected chi connectivity index (χ1v) is 9.50. The second-order valence-electron chi connectivity index (χ2n) is 7.15. The van der Waals surface area contributed by atoms with E-state index in [1.807, 2.05) is 0 Å². The molecule has 1 nitrogen and oxygen atoms in total. The molecule has 0 aliphatic heterocycles. The fourth-order valence-electron chi connectivity index (χ4n) is 3.92. The third-order valence-corrected chi connectivity index (χ3v) is 8.03. The molecule has 0 saturated heterocycles. The molecule has 90 valence electrons. The summed E-state index contributed by atoms with van der Waals surface area (Å²) in [6.07, 6.45) is 2.88. The zero-order valence-corrected chi connectivity index (χ0v) is 12.6. The Labute approximate surface area is 97.1 Å². The molecule has 2 heteroatoms. The molecule has 0 amide bonds. The van der Waals surface area contributed by atoms with E-state index >= 15 is 0 Å². The molecule has 15 heavy (non-hydrogen) atoms. The maximum Gasteiger partial charge on any atom is 0.123 e. The van der Waals surface area contributed by atoms with Gasteiger partial charge in [0.25, 0.3) is 0 Å². The number of nitrogens with one attached hydrogen (secondary N) is 1. The SMILES string of the molecule is CC1CCC(C)C1[Si](C)(C)NC(C)(C)C. The predicted molar refractivity (Wildman–Crippen MR) is 71.7 cm³/mol. The van der Waals surface area contributed by atoms with Crippen molar-refractivity contribution in [2.45, 2.75) is 71.6 Å². The topological polar surface area (TPSA) is 12.0 Å². The second-order valence-corrected chi connectivity index (χ2v) is 11.5. The minimum absolute atomic E-state index is 0.276. The molecule has 0 aromatic carbocycles. The van der Waals surface area contributed by atoms with Crippen LogP contribution in [0.4, 0.5) is 0 Å². The Bertz CT molecular complexity index is 207. The first kappa shape index (κ1) is 13.2. The molecule has 1 aliphatic carbocycles. The van der Waals surface area contributed by atoms with Gasteiger partial charge in [0.2, 0.25) is 0 Å². The Morgan fingerprint density at radius 1 is 1.00 bits per heavy atom. The third kappa shape index (κ3) is 3.32. The quantitative estimate of drug-likeness (QED) is 0.703. The second kappa shape index (κ2) is 4.21. The molecule has 0 radical (unpaired) electrons. The highest BCUT2D eigenvalue weighted by molar-refractivity contribution is 6.76. The van der Waals surface area contributed by atoms with Gasteiger partial charge in [0, 0.05) is 5.54 Å². The molecule has 0 bridgehead atoms. The highest BCUT2D eigenvalue weighted by atomic mass is 28.3. The zero-order valence-electron chi connectivity index (χ0n) is 11.6. The van der Waals surface area contributed by atoms with Crippen molar-refractivity contribution >= 4 is 8.24 Å². The molecule has 0 aromatic rings. The summed E-state index contributed by atoms with van der Waals surface area (Å²) < 4.78 is 0. The number of hydrogen-bond donors (Lipinski definition) is 1. The molecule has 2 unspecified atom stereocenters. The van der Waals surface area contributed by atoms with E-state index in [4.69, 9.17) is 0 Å². The first-order chi connectivity index (χ1) is 6.63. The number of hydrogen-bond acceptors (Lipinski definition) is 1. The normalized spacial score (nSPS) is 33.4. The molecule has 0 heterocycles. The van der Waals surface area contributed by atoms with Gasteiger partial charge in [-0.2, -0.15) is 0 Å². The van der Waals surface area contributed by atoms with Crippen LogP contribution in [0.3, 0.4) is 0 Å². The first-order valence-electron chi connectivity index (χ1n) is 6.43. The Kier molecular flexibility index (Phi) is 3.72. The smallest absolute Gasteiger partial charge is 0.123 e. The Morgan fingerprint density at radius 3 is 1.73 bits per heavy atom. The molecule has 1 N–H and O–H groups in total. The Hall–Kier alpha value is 0.177. The van der Waals surface area contributed by atoms with E-state index in [1.165, 1.54) is 12.8 Å². The van der Waals surface area contributed by atoms with Gasteiger partial charge in [-0.05, 0) is 38.1 Å². The van der Waals surface area contributed by atoms with Crippen molar-refractivity contribution in [1.82, 2.24) is 4.98 Å². The number of rotatable bonds is 2. The molecule has 1 rings (SSSR count). The summed E-state index contributed by atoms with van der Waals surface area (Å²) in [5.74, 6) is 1.85. The van der Waals surface area contributed by atoms with Crippen LogP contribution >= 0.6 is 0 Å². The summed E-state index contributed by atoms with van der Waals surface area (Å²) in [4.78, 5) is 3.94. The van der Waals surface area contributed by atoms with Crippen LogP contribution in [0, 0.1) is 11.8 Å². The van der Waals surface area contributed by atoms with Gasteiger partial charge < -0.3 is 4.98 Å². The maximum absolute atomic E-state index is 3.94. The van der Waals surface area contributed by atoms with Crippen molar-refractivity contribution in [1.29, 1.82) is 0 Å². The lowest BCUT2D eigenvalue weighted by molar-refractivity contribution is 0.470. The van der Waals surface area contributed by atoms with Crippen LogP contribution in [0.1, 0.15) is 47.5 Å². The summed E-state index contributed by atoms with van der Waals surface area (Å²) in [5.41, 5.74) is 1.23. The van der Waals surface area contributed by atoms with Gasteiger partial charge in [0.1, 0.15) is 8.24 Å². The summed E-state index contributed by atoms with van der Waals surface area (Å²) in [5, 5.41) is 0. The van der Waals surface area contributed by atoms with Crippen LogP contribution in [-0.2, 0) is 0 Å². The molecule has 1 saturated carbocycles. The van der Waals surface area contributed by atoms with E-state index in [2.05, 4.69) is 52.7 Å².